The van der Waals surface area contributed by atoms with Gasteiger partial charge in [0.2, 0.25) is 5.75 Å². The van der Waals surface area contributed by atoms with Gasteiger partial charge >= 0.3 is 19.5 Å². The molecule has 2 aromatic rings. The highest BCUT2D eigenvalue weighted by atomic mass is 31.2. The fourth-order valence-corrected chi connectivity index (χ4v) is 6.92. The van der Waals surface area contributed by atoms with E-state index >= 15 is 0 Å². The first-order chi connectivity index (χ1) is 18.5. The van der Waals surface area contributed by atoms with Crippen molar-refractivity contribution in [2.24, 2.45) is 5.92 Å². The summed E-state index contributed by atoms with van der Waals surface area (Å²) >= 11 is 0. The summed E-state index contributed by atoms with van der Waals surface area (Å²) in [6, 6.07) is 10.2. The number of nitro groups is 1. The van der Waals surface area contributed by atoms with Crippen LogP contribution in [0.4, 0.5) is 18.9 Å². The van der Waals surface area contributed by atoms with E-state index in [0.29, 0.717) is 31.7 Å². The molecule has 0 spiro atoms. The van der Waals surface area contributed by atoms with Gasteiger partial charge in [-0.1, -0.05) is 0 Å². The van der Waals surface area contributed by atoms with Crippen molar-refractivity contribution in [1.82, 2.24) is 14.2 Å². The minimum absolute atomic E-state index is 0.0168. The molecule has 0 radical (unpaired) electrons. The minimum atomic E-state index is -4.26. The molecular formula is C25H28F3N4O6P. The van der Waals surface area contributed by atoms with Crippen LogP contribution in [0.15, 0.2) is 42.5 Å². The SMILES string of the molecule is CC(OP(=O)(N1CC1)N1CC1)c1ccc([N+](=O)[O-])c(Oc2ccc(C(=O)N3CCC(C(F)(F)F)CC3)cc2)c1. The van der Waals surface area contributed by atoms with E-state index in [2.05, 4.69) is 0 Å². The Bertz CT molecular complexity index is 1280. The predicted octanol–water partition coefficient (Wildman–Crippen LogP) is 5.62. The van der Waals surface area contributed by atoms with Crippen molar-refractivity contribution in [3.05, 3.63) is 63.7 Å². The first-order valence-corrected chi connectivity index (χ1v) is 14.2. The largest absolute Gasteiger partial charge is 0.450 e. The Morgan fingerprint density at radius 3 is 2.13 bits per heavy atom. The second-order valence-electron chi connectivity index (χ2n) is 9.86. The topological polar surface area (TPSA) is 105 Å². The lowest BCUT2D eigenvalue weighted by atomic mass is 9.96. The highest BCUT2D eigenvalue weighted by molar-refractivity contribution is 7.54. The smallest absolute Gasteiger partial charge is 0.391 e. The molecule has 0 saturated carbocycles. The fourth-order valence-electron chi connectivity index (χ4n) is 4.58. The minimum Gasteiger partial charge on any atom is -0.450 e. The lowest BCUT2D eigenvalue weighted by molar-refractivity contribution is -0.385. The summed E-state index contributed by atoms with van der Waals surface area (Å²) in [5.41, 5.74) is 0.547. The summed E-state index contributed by atoms with van der Waals surface area (Å²) in [7, 11) is -3.11. The molecule has 0 aromatic heterocycles. The van der Waals surface area contributed by atoms with E-state index < -0.39 is 30.8 Å². The zero-order chi connectivity index (χ0) is 27.9. The average molecular weight is 568 g/mol. The first kappa shape index (κ1) is 27.6. The van der Waals surface area contributed by atoms with Gasteiger partial charge in [-0.25, -0.2) is 9.34 Å². The molecule has 5 rings (SSSR count). The zero-order valence-electron chi connectivity index (χ0n) is 21.2. The van der Waals surface area contributed by atoms with Crippen molar-refractivity contribution in [2.45, 2.75) is 32.0 Å². The summed E-state index contributed by atoms with van der Waals surface area (Å²) in [4.78, 5) is 25.2. The summed E-state index contributed by atoms with van der Waals surface area (Å²) in [6.45, 7) is 4.53. The summed E-state index contributed by atoms with van der Waals surface area (Å²) in [6.07, 6.45) is -5.16. The number of alkyl halides is 3. The molecule has 39 heavy (non-hydrogen) atoms. The second-order valence-corrected chi connectivity index (χ2v) is 12.2. The molecule has 2 aromatic carbocycles. The highest BCUT2D eigenvalue weighted by Gasteiger charge is 2.50. The number of nitrogens with zero attached hydrogens (tertiary/aromatic N) is 4. The summed E-state index contributed by atoms with van der Waals surface area (Å²) in [5.74, 6) is -1.60. The van der Waals surface area contributed by atoms with Crippen LogP contribution in [0, 0.1) is 16.0 Å². The Morgan fingerprint density at radius 2 is 1.62 bits per heavy atom. The third-order valence-electron chi connectivity index (χ3n) is 7.08. The number of piperidine rings is 1. The van der Waals surface area contributed by atoms with Gasteiger partial charge in [-0.05, 0) is 61.7 Å². The number of likely N-dealkylation sites (tertiary alicyclic amines) is 1. The maximum atomic E-state index is 13.3. The number of nitro benzene ring substituents is 1. The van der Waals surface area contributed by atoms with Crippen LogP contribution in [0.3, 0.4) is 0 Å². The lowest BCUT2D eigenvalue weighted by Gasteiger charge is -2.33. The van der Waals surface area contributed by atoms with E-state index in [1.807, 2.05) is 0 Å². The molecule has 10 nitrogen and oxygen atoms in total. The van der Waals surface area contributed by atoms with Gasteiger partial charge in [0, 0.05) is 50.9 Å². The van der Waals surface area contributed by atoms with Crippen molar-refractivity contribution in [1.29, 1.82) is 0 Å². The standard InChI is InChI=1S/C25H28F3N4O6P/c1-17(38-39(36,30-12-13-30)31-14-15-31)19-4-7-22(32(34)35)23(16-19)37-21-5-2-18(3-6-21)24(33)29-10-8-20(9-11-29)25(26,27)28/h2-7,16-17,20H,8-15H2,1H3. The Labute approximate surface area is 223 Å². The lowest BCUT2D eigenvalue weighted by Crippen LogP contribution is -2.42. The van der Waals surface area contributed by atoms with Crippen molar-refractivity contribution in [2.75, 3.05) is 39.3 Å². The van der Waals surface area contributed by atoms with Crippen LogP contribution in [0.25, 0.3) is 0 Å². The summed E-state index contributed by atoms with van der Waals surface area (Å²) in [5, 5.41) is 11.6. The molecule has 14 heteroatoms. The number of hydrogen-bond donors (Lipinski definition) is 0. The van der Waals surface area contributed by atoms with Crippen LogP contribution in [-0.4, -0.2) is 70.5 Å². The molecule has 1 atom stereocenters. The van der Waals surface area contributed by atoms with Crippen LogP contribution in [-0.2, 0) is 9.09 Å². The van der Waals surface area contributed by atoms with Gasteiger partial charge in [0.25, 0.3) is 5.91 Å². The maximum Gasteiger partial charge on any atom is 0.391 e. The normalized spacial score (nSPS) is 19.5. The highest BCUT2D eigenvalue weighted by Crippen LogP contribution is 2.63. The van der Waals surface area contributed by atoms with Crippen LogP contribution < -0.4 is 4.74 Å². The van der Waals surface area contributed by atoms with E-state index in [4.69, 9.17) is 9.26 Å². The van der Waals surface area contributed by atoms with Gasteiger partial charge in [-0.15, -0.1) is 0 Å². The van der Waals surface area contributed by atoms with Gasteiger partial charge in [0.05, 0.1) is 16.9 Å². The molecule has 3 saturated heterocycles. The molecule has 210 valence electrons. The van der Waals surface area contributed by atoms with Gasteiger partial charge < -0.3 is 9.64 Å². The molecule has 3 heterocycles. The van der Waals surface area contributed by atoms with Crippen molar-refractivity contribution in [3.63, 3.8) is 0 Å². The molecule has 3 aliphatic heterocycles. The Morgan fingerprint density at radius 1 is 1.03 bits per heavy atom. The quantitative estimate of drug-likeness (QED) is 0.166. The van der Waals surface area contributed by atoms with E-state index in [-0.39, 0.29) is 54.6 Å². The molecule has 1 amide bonds. The number of carbonyl (C=O) groups excluding carboxylic acids is 1. The van der Waals surface area contributed by atoms with Crippen LogP contribution in [0.2, 0.25) is 0 Å². The van der Waals surface area contributed by atoms with Crippen molar-refractivity contribution < 1.29 is 36.7 Å². The number of ether oxygens (including phenoxy) is 1. The van der Waals surface area contributed by atoms with Crippen LogP contribution >= 0.6 is 7.67 Å². The molecule has 0 aliphatic carbocycles. The Kier molecular flexibility index (Phi) is 7.45. The number of hydrogen-bond acceptors (Lipinski definition) is 6. The fraction of sp³-hybridized carbons (Fsp3) is 0.480. The summed E-state index contributed by atoms with van der Waals surface area (Å²) < 4.78 is 67.5. The zero-order valence-corrected chi connectivity index (χ0v) is 22.1. The van der Waals surface area contributed by atoms with Gasteiger partial charge in [0.1, 0.15) is 5.75 Å². The Hall–Kier alpha value is -2.99. The molecule has 3 aliphatic rings. The number of amides is 1. The van der Waals surface area contributed by atoms with Gasteiger partial charge in [-0.2, -0.15) is 13.2 Å². The Balaban J connectivity index is 1.27. The number of rotatable bonds is 9. The monoisotopic (exact) mass is 568 g/mol. The van der Waals surface area contributed by atoms with Crippen molar-refractivity contribution in [3.8, 4) is 11.5 Å². The maximum absolute atomic E-state index is 13.3. The van der Waals surface area contributed by atoms with Gasteiger partial charge in [0.15, 0.2) is 0 Å². The van der Waals surface area contributed by atoms with Crippen molar-refractivity contribution >= 4 is 19.3 Å². The molecule has 0 N–H and O–H groups in total. The number of halogens is 3. The van der Waals surface area contributed by atoms with E-state index in [9.17, 15) is 32.6 Å². The van der Waals surface area contributed by atoms with Crippen LogP contribution in [0.5, 0.6) is 11.5 Å². The number of carbonyl (C=O) groups is 1. The van der Waals surface area contributed by atoms with E-state index in [1.54, 1.807) is 16.3 Å². The second kappa shape index (κ2) is 10.5. The van der Waals surface area contributed by atoms with Crippen LogP contribution in [0.1, 0.15) is 41.8 Å². The van der Waals surface area contributed by atoms with Gasteiger partial charge in [-0.3, -0.25) is 24.0 Å². The third kappa shape index (κ3) is 6.11. The first-order valence-electron chi connectivity index (χ1n) is 12.7. The average Bonchev–Trinajstić information content (AvgIpc) is 3.81. The molecule has 0 bridgehead atoms. The van der Waals surface area contributed by atoms with E-state index in [0.717, 1.165) is 0 Å². The van der Waals surface area contributed by atoms with E-state index in [1.165, 1.54) is 47.4 Å². The molecule has 3 fully saturated rings. The predicted molar refractivity (Wildman–Crippen MR) is 135 cm³/mol. The molecular weight excluding hydrogens is 540 g/mol. The third-order valence-corrected chi connectivity index (χ3v) is 9.90. The number of benzene rings is 2. The molecule has 1 unspecified atom stereocenters.